The van der Waals surface area contributed by atoms with Gasteiger partial charge in [-0.25, -0.2) is 9.83 Å². The molecule has 3 aromatic rings. The van der Waals surface area contributed by atoms with Crippen molar-refractivity contribution in [3.05, 3.63) is 77.1 Å². The Morgan fingerprint density at radius 3 is 2.58 bits per heavy atom. The number of benzene rings is 1. The minimum Gasteiger partial charge on any atom is -0.358 e. The number of hydrogen-bond donors (Lipinski definition) is 2. The monoisotopic (exact) mass is 462 g/mol. The molecule has 8 heteroatoms. The number of amides is 1. The summed E-state index contributed by atoms with van der Waals surface area (Å²) in [5.41, 5.74) is 1.54. The van der Waals surface area contributed by atoms with Crippen LogP contribution in [0.5, 0.6) is 0 Å². The van der Waals surface area contributed by atoms with Gasteiger partial charge in [0.15, 0.2) is 5.69 Å². The third-order valence-electron chi connectivity index (χ3n) is 6.02. The molecule has 2 aromatic heterocycles. The van der Waals surface area contributed by atoms with Crippen molar-refractivity contribution in [1.29, 1.82) is 0 Å². The second kappa shape index (κ2) is 11.0. The number of nitrogens with one attached hydrogen (secondary N) is 2. The minimum atomic E-state index is -0.431. The van der Waals surface area contributed by atoms with Crippen molar-refractivity contribution in [3.8, 4) is 5.82 Å². The van der Waals surface area contributed by atoms with Crippen LogP contribution < -0.4 is 10.6 Å². The second-order valence-corrected chi connectivity index (χ2v) is 8.74. The van der Waals surface area contributed by atoms with E-state index in [1.54, 1.807) is 18.2 Å². The molecule has 0 saturated heterocycles. The third-order valence-corrected chi connectivity index (χ3v) is 6.19. The van der Waals surface area contributed by atoms with Crippen LogP contribution in [0.4, 0.5) is 11.5 Å². The van der Waals surface area contributed by atoms with Gasteiger partial charge in [-0.3, -0.25) is 4.79 Å². The number of carbonyl (C=O) groups is 1. The largest absolute Gasteiger partial charge is 0.358 e. The number of anilines is 1. The molecule has 0 spiro atoms. The smallest absolute Gasteiger partial charge is 0.242 e. The van der Waals surface area contributed by atoms with Crippen molar-refractivity contribution in [2.45, 2.75) is 51.1 Å². The van der Waals surface area contributed by atoms with E-state index in [9.17, 15) is 4.79 Å². The van der Waals surface area contributed by atoms with E-state index in [1.165, 1.54) is 19.3 Å². The summed E-state index contributed by atoms with van der Waals surface area (Å²) in [6, 6.07) is 12.4. The van der Waals surface area contributed by atoms with E-state index in [0.29, 0.717) is 29.8 Å². The Morgan fingerprint density at radius 1 is 1.15 bits per heavy atom. The zero-order chi connectivity index (χ0) is 23.0. The Morgan fingerprint density at radius 2 is 1.88 bits per heavy atom. The first-order valence-corrected chi connectivity index (χ1v) is 11.7. The quantitative estimate of drug-likeness (QED) is 0.340. The minimum absolute atomic E-state index is 0.0768. The Hall–Kier alpha value is -3.37. The summed E-state index contributed by atoms with van der Waals surface area (Å²) < 4.78 is 1.85. The Labute approximate surface area is 199 Å². The van der Waals surface area contributed by atoms with E-state index in [0.717, 1.165) is 24.8 Å². The van der Waals surface area contributed by atoms with E-state index in [2.05, 4.69) is 25.4 Å². The van der Waals surface area contributed by atoms with E-state index in [-0.39, 0.29) is 11.2 Å². The van der Waals surface area contributed by atoms with Crippen LogP contribution in [0, 0.1) is 12.5 Å². The van der Waals surface area contributed by atoms with E-state index in [1.807, 2.05) is 41.2 Å². The van der Waals surface area contributed by atoms with Crippen LogP contribution in [-0.2, 0) is 11.3 Å². The molecule has 7 nitrogen and oxygen atoms in total. The van der Waals surface area contributed by atoms with Gasteiger partial charge in [0.1, 0.15) is 17.7 Å². The summed E-state index contributed by atoms with van der Waals surface area (Å²) in [4.78, 5) is 25.2. The first-order chi connectivity index (χ1) is 16.1. The van der Waals surface area contributed by atoms with E-state index >= 15 is 0 Å². The summed E-state index contributed by atoms with van der Waals surface area (Å²) in [5, 5.41) is 6.49. The fourth-order valence-corrected chi connectivity index (χ4v) is 4.44. The predicted molar refractivity (Wildman–Crippen MR) is 130 cm³/mol. The summed E-state index contributed by atoms with van der Waals surface area (Å²) in [6.07, 6.45) is 10.5. The molecule has 33 heavy (non-hydrogen) atoms. The topological polar surface area (TPSA) is 76.2 Å². The number of nitrogens with zero attached hydrogens (tertiary/aromatic N) is 4. The average molecular weight is 463 g/mol. The van der Waals surface area contributed by atoms with Gasteiger partial charge in [0.2, 0.25) is 11.2 Å². The van der Waals surface area contributed by atoms with Crippen LogP contribution in [0.1, 0.15) is 44.1 Å². The maximum atomic E-state index is 13.2. The van der Waals surface area contributed by atoms with Crippen molar-refractivity contribution in [2.24, 2.45) is 5.92 Å². The molecule has 1 fully saturated rings. The molecule has 1 amide bonds. The molecule has 1 aliphatic carbocycles. The van der Waals surface area contributed by atoms with Crippen molar-refractivity contribution in [3.63, 3.8) is 0 Å². The molecule has 1 saturated carbocycles. The van der Waals surface area contributed by atoms with Crippen LogP contribution in [0.25, 0.3) is 10.7 Å². The standard InChI is InChI=1S/C25H27ClN6O/c1-27-20-11-9-19(10-12-20)17-28-24(33)21(15-18-7-3-2-4-8-18)29-22-16-23(31-25(26)30-22)32-13-5-6-14-32/h5-6,9-14,16,18,21H,2-4,7-8,15,17H2,(H,28,33)(H,29,30,31). The lowest BCUT2D eigenvalue weighted by atomic mass is 9.84. The molecule has 2 N–H and O–H groups in total. The van der Waals surface area contributed by atoms with Gasteiger partial charge < -0.3 is 15.2 Å². The predicted octanol–water partition coefficient (Wildman–Crippen LogP) is 5.54. The lowest BCUT2D eigenvalue weighted by Gasteiger charge is -2.27. The highest BCUT2D eigenvalue weighted by molar-refractivity contribution is 6.28. The van der Waals surface area contributed by atoms with Gasteiger partial charge in [0.05, 0.1) is 6.57 Å². The maximum Gasteiger partial charge on any atom is 0.242 e. The van der Waals surface area contributed by atoms with Crippen molar-refractivity contribution < 1.29 is 4.79 Å². The van der Waals surface area contributed by atoms with Crippen LogP contribution in [0.3, 0.4) is 0 Å². The van der Waals surface area contributed by atoms with Gasteiger partial charge in [0.25, 0.3) is 0 Å². The Bertz CT molecular complexity index is 1100. The lowest BCUT2D eigenvalue weighted by Crippen LogP contribution is -2.41. The highest BCUT2D eigenvalue weighted by Crippen LogP contribution is 2.28. The van der Waals surface area contributed by atoms with Gasteiger partial charge in [-0.15, -0.1) is 0 Å². The summed E-state index contributed by atoms with van der Waals surface area (Å²) in [5.74, 6) is 1.59. The van der Waals surface area contributed by atoms with Gasteiger partial charge in [0, 0.05) is 25.0 Å². The molecular weight excluding hydrogens is 436 g/mol. The van der Waals surface area contributed by atoms with E-state index in [4.69, 9.17) is 18.2 Å². The van der Waals surface area contributed by atoms with Crippen LogP contribution in [0.2, 0.25) is 5.28 Å². The maximum absolute atomic E-state index is 13.2. The third kappa shape index (κ3) is 6.33. The summed E-state index contributed by atoms with van der Waals surface area (Å²) in [6.45, 7) is 7.47. The number of hydrogen-bond acceptors (Lipinski definition) is 4. The first kappa shape index (κ1) is 22.8. The van der Waals surface area contributed by atoms with Crippen molar-refractivity contribution >= 4 is 29.0 Å². The molecular formula is C25H27ClN6O. The van der Waals surface area contributed by atoms with Gasteiger partial charge in [-0.1, -0.05) is 56.4 Å². The SMILES string of the molecule is [C-]#[N+]c1ccc(CNC(=O)C(CC2CCCCC2)Nc2cc(-n3cccc3)nc(Cl)n2)cc1. The molecule has 0 bridgehead atoms. The number of rotatable bonds is 8. The van der Waals surface area contributed by atoms with Gasteiger partial charge in [-0.2, -0.15) is 4.98 Å². The van der Waals surface area contributed by atoms with Gasteiger partial charge in [-0.05, 0) is 41.6 Å². The van der Waals surface area contributed by atoms with Crippen molar-refractivity contribution in [1.82, 2.24) is 19.9 Å². The highest BCUT2D eigenvalue weighted by Gasteiger charge is 2.25. The molecule has 0 radical (unpaired) electrons. The Balaban J connectivity index is 1.49. The average Bonchev–Trinajstić information content (AvgIpc) is 3.38. The highest BCUT2D eigenvalue weighted by atomic mass is 35.5. The van der Waals surface area contributed by atoms with Crippen molar-refractivity contribution in [2.75, 3.05) is 5.32 Å². The van der Waals surface area contributed by atoms with E-state index < -0.39 is 6.04 Å². The Kier molecular flexibility index (Phi) is 7.59. The van der Waals surface area contributed by atoms with Crippen LogP contribution in [-0.4, -0.2) is 26.5 Å². The molecule has 2 heterocycles. The summed E-state index contributed by atoms with van der Waals surface area (Å²) in [7, 11) is 0. The molecule has 0 aliphatic heterocycles. The first-order valence-electron chi connectivity index (χ1n) is 11.3. The zero-order valence-corrected chi connectivity index (χ0v) is 19.1. The number of carbonyl (C=O) groups excluding carboxylic acids is 1. The molecule has 1 unspecified atom stereocenters. The zero-order valence-electron chi connectivity index (χ0n) is 18.4. The molecule has 4 rings (SSSR count). The summed E-state index contributed by atoms with van der Waals surface area (Å²) >= 11 is 6.19. The fourth-order valence-electron chi connectivity index (χ4n) is 4.27. The molecule has 1 atom stereocenters. The molecule has 170 valence electrons. The number of aromatic nitrogens is 3. The second-order valence-electron chi connectivity index (χ2n) is 8.40. The molecule has 1 aliphatic rings. The van der Waals surface area contributed by atoms with Gasteiger partial charge >= 0.3 is 0 Å². The lowest BCUT2D eigenvalue weighted by molar-refractivity contribution is -0.122. The van der Waals surface area contributed by atoms with Crippen LogP contribution in [0.15, 0.2) is 54.9 Å². The molecule has 1 aromatic carbocycles. The fraction of sp³-hybridized carbons (Fsp3) is 0.360. The van der Waals surface area contributed by atoms with Crippen LogP contribution >= 0.6 is 11.6 Å². The number of halogens is 1. The normalized spacial score (nSPS) is 14.9.